The van der Waals surface area contributed by atoms with Gasteiger partial charge in [0.1, 0.15) is 5.75 Å². The molecule has 0 aliphatic rings. The lowest BCUT2D eigenvalue weighted by Gasteiger charge is -2.03. The van der Waals surface area contributed by atoms with Gasteiger partial charge in [0.15, 0.2) is 5.78 Å². The molecule has 12 heavy (non-hydrogen) atoms. The van der Waals surface area contributed by atoms with Gasteiger partial charge in [0, 0.05) is 5.56 Å². The van der Waals surface area contributed by atoms with Crippen LogP contribution in [0, 0.1) is 0 Å². The van der Waals surface area contributed by atoms with Gasteiger partial charge in [0.2, 0.25) is 0 Å². The minimum Gasteiger partial charge on any atom is -0.506 e. The Balaban J connectivity index is 3.36. The van der Waals surface area contributed by atoms with Crippen molar-refractivity contribution in [1.82, 2.24) is 0 Å². The predicted octanol–water partition coefficient (Wildman–Crippen LogP) is 3.01. The third-order valence-corrected chi connectivity index (χ3v) is 2.88. The molecule has 64 valence electrons. The number of carbonyl (C=O) groups excluding carboxylic acids is 1. The van der Waals surface area contributed by atoms with Crippen LogP contribution in [0.4, 0.5) is 0 Å². The van der Waals surface area contributed by atoms with Crippen LogP contribution in [0.1, 0.15) is 17.3 Å². The predicted molar refractivity (Wildman–Crippen MR) is 50.8 cm³/mol. The van der Waals surface area contributed by atoms with Crippen molar-refractivity contribution in [3.05, 3.63) is 27.2 Å². The summed E-state index contributed by atoms with van der Waals surface area (Å²) in [4.78, 5) is 11.0. The summed E-state index contributed by atoms with van der Waals surface area (Å²) in [6, 6.07) is 2.91. The van der Waals surface area contributed by atoms with Gasteiger partial charge >= 0.3 is 0 Å². The normalized spacial score (nSPS) is 9.92. The minimum absolute atomic E-state index is 0.0338. The van der Waals surface area contributed by atoms with Crippen LogP contribution in [0.5, 0.6) is 5.75 Å². The largest absolute Gasteiger partial charge is 0.506 e. The minimum atomic E-state index is -0.0937. The van der Waals surface area contributed by atoms with Crippen LogP contribution in [0.3, 0.4) is 0 Å². The van der Waals surface area contributed by atoms with Gasteiger partial charge in [-0.15, -0.1) is 0 Å². The first-order valence-electron chi connectivity index (χ1n) is 3.22. The number of rotatable bonds is 1. The Morgan fingerprint density at radius 3 is 2.67 bits per heavy atom. The van der Waals surface area contributed by atoms with E-state index in [9.17, 15) is 4.79 Å². The van der Waals surface area contributed by atoms with E-state index in [1.165, 1.54) is 19.1 Å². The number of halogens is 2. The Hall–Kier alpha value is -0.540. The maximum atomic E-state index is 11.0. The molecule has 1 rings (SSSR count). The molecule has 0 saturated heterocycles. The van der Waals surface area contributed by atoms with E-state index in [1.54, 1.807) is 0 Å². The highest BCUT2D eigenvalue weighted by Gasteiger charge is 2.11. The highest BCUT2D eigenvalue weighted by molar-refractivity contribution is 9.10. The lowest BCUT2D eigenvalue weighted by Crippen LogP contribution is -1.93. The van der Waals surface area contributed by atoms with Crippen LogP contribution in [0.25, 0.3) is 0 Å². The zero-order chi connectivity index (χ0) is 9.30. The monoisotopic (exact) mass is 248 g/mol. The van der Waals surface area contributed by atoms with Crippen molar-refractivity contribution in [2.24, 2.45) is 0 Å². The lowest BCUT2D eigenvalue weighted by atomic mass is 10.1. The van der Waals surface area contributed by atoms with Gasteiger partial charge < -0.3 is 5.11 Å². The van der Waals surface area contributed by atoms with E-state index in [0.29, 0.717) is 10.0 Å². The Bertz CT molecular complexity index is 336. The molecule has 1 N–H and O–H groups in total. The van der Waals surface area contributed by atoms with Gasteiger partial charge in [0.05, 0.1) is 9.50 Å². The fraction of sp³-hybridized carbons (Fsp3) is 0.125. The number of Topliss-reactive ketones (excluding diaryl/α,β-unsaturated/α-hetero) is 1. The standard InChI is InChI=1S/C8H6BrClO2/c1-4(11)5-2-3-6(12)8(10)7(5)9/h2-3,12H,1H3. The van der Waals surface area contributed by atoms with Gasteiger partial charge in [0.25, 0.3) is 0 Å². The summed E-state index contributed by atoms with van der Waals surface area (Å²) >= 11 is 8.80. The molecular weight excluding hydrogens is 243 g/mol. The highest BCUT2D eigenvalue weighted by atomic mass is 79.9. The van der Waals surface area contributed by atoms with E-state index in [0.717, 1.165) is 0 Å². The van der Waals surface area contributed by atoms with Crippen molar-refractivity contribution in [3.8, 4) is 5.75 Å². The summed E-state index contributed by atoms with van der Waals surface area (Å²) < 4.78 is 0.441. The zero-order valence-corrected chi connectivity index (χ0v) is 8.61. The highest BCUT2D eigenvalue weighted by Crippen LogP contribution is 2.33. The van der Waals surface area contributed by atoms with E-state index in [2.05, 4.69) is 15.9 Å². The smallest absolute Gasteiger partial charge is 0.160 e. The first-order valence-corrected chi connectivity index (χ1v) is 4.39. The number of carbonyl (C=O) groups is 1. The van der Waals surface area contributed by atoms with Gasteiger partial charge in [-0.25, -0.2) is 0 Å². The topological polar surface area (TPSA) is 37.3 Å². The Morgan fingerprint density at radius 1 is 1.58 bits per heavy atom. The van der Waals surface area contributed by atoms with Crippen LogP contribution in [-0.2, 0) is 0 Å². The number of benzene rings is 1. The number of phenols is 1. The van der Waals surface area contributed by atoms with Crippen molar-refractivity contribution in [2.75, 3.05) is 0 Å². The molecule has 0 atom stereocenters. The number of ketones is 1. The first kappa shape index (κ1) is 9.55. The Morgan fingerprint density at radius 2 is 2.17 bits per heavy atom. The van der Waals surface area contributed by atoms with Gasteiger partial charge in [-0.3, -0.25) is 4.79 Å². The van der Waals surface area contributed by atoms with Crippen molar-refractivity contribution in [1.29, 1.82) is 0 Å². The van der Waals surface area contributed by atoms with Crippen molar-refractivity contribution >= 4 is 33.3 Å². The van der Waals surface area contributed by atoms with Gasteiger partial charge in [-0.2, -0.15) is 0 Å². The molecule has 0 amide bonds. The average molecular weight is 249 g/mol. The molecule has 0 bridgehead atoms. The molecular formula is C8H6BrClO2. The maximum absolute atomic E-state index is 11.0. The molecule has 0 aliphatic carbocycles. The van der Waals surface area contributed by atoms with Gasteiger partial charge in [-0.05, 0) is 35.0 Å². The number of hydrogen-bond donors (Lipinski definition) is 1. The fourth-order valence-corrected chi connectivity index (χ4v) is 1.59. The zero-order valence-electron chi connectivity index (χ0n) is 6.27. The third-order valence-electron chi connectivity index (χ3n) is 1.44. The molecule has 0 spiro atoms. The van der Waals surface area contributed by atoms with E-state index in [1.807, 2.05) is 0 Å². The molecule has 0 aromatic heterocycles. The van der Waals surface area contributed by atoms with Crippen LogP contribution in [0.2, 0.25) is 5.02 Å². The summed E-state index contributed by atoms with van der Waals surface area (Å²) in [6.07, 6.45) is 0. The summed E-state index contributed by atoms with van der Waals surface area (Å²) in [7, 11) is 0. The SMILES string of the molecule is CC(=O)c1ccc(O)c(Cl)c1Br. The van der Waals surface area contributed by atoms with Crippen LogP contribution in [0.15, 0.2) is 16.6 Å². The second-order valence-corrected chi connectivity index (χ2v) is 3.49. The summed E-state index contributed by atoms with van der Waals surface area (Å²) in [5.74, 6) is -0.127. The molecule has 1 aromatic carbocycles. The molecule has 0 unspecified atom stereocenters. The Labute approximate surface area is 83.3 Å². The quantitative estimate of drug-likeness (QED) is 0.777. The maximum Gasteiger partial charge on any atom is 0.160 e. The molecule has 1 aromatic rings. The average Bonchev–Trinajstić information content (AvgIpc) is 2.00. The second-order valence-electron chi connectivity index (χ2n) is 2.32. The van der Waals surface area contributed by atoms with Crippen molar-refractivity contribution in [3.63, 3.8) is 0 Å². The summed E-state index contributed by atoms with van der Waals surface area (Å²) in [5.41, 5.74) is 0.470. The number of phenolic OH excluding ortho intramolecular Hbond substituents is 1. The molecule has 0 heterocycles. The van der Waals surface area contributed by atoms with Crippen molar-refractivity contribution in [2.45, 2.75) is 6.92 Å². The lowest BCUT2D eigenvalue weighted by molar-refractivity contribution is 0.101. The van der Waals surface area contributed by atoms with Crippen molar-refractivity contribution < 1.29 is 9.90 Å². The van der Waals surface area contributed by atoms with Crippen LogP contribution < -0.4 is 0 Å². The number of hydrogen-bond acceptors (Lipinski definition) is 2. The summed E-state index contributed by atoms with van der Waals surface area (Å²) in [5, 5.41) is 9.30. The molecule has 0 fully saturated rings. The fourth-order valence-electron chi connectivity index (χ4n) is 0.811. The molecule has 0 radical (unpaired) electrons. The van der Waals surface area contributed by atoms with E-state index in [-0.39, 0.29) is 16.6 Å². The second kappa shape index (κ2) is 3.46. The molecule has 0 aliphatic heterocycles. The van der Waals surface area contributed by atoms with Crippen LogP contribution >= 0.6 is 27.5 Å². The Kier molecular flexibility index (Phi) is 2.75. The van der Waals surface area contributed by atoms with E-state index >= 15 is 0 Å². The molecule has 4 heteroatoms. The number of aromatic hydroxyl groups is 1. The van der Waals surface area contributed by atoms with E-state index in [4.69, 9.17) is 16.7 Å². The van der Waals surface area contributed by atoms with Gasteiger partial charge in [-0.1, -0.05) is 11.6 Å². The van der Waals surface area contributed by atoms with E-state index < -0.39 is 0 Å². The molecule has 0 saturated carbocycles. The molecule has 2 nitrogen and oxygen atoms in total. The van der Waals surface area contributed by atoms with Crippen LogP contribution in [-0.4, -0.2) is 10.9 Å². The first-order chi connectivity index (χ1) is 5.54. The summed E-state index contributed by atoms with van der Waals surface area (Å²) in [6.45, 7) is 1.44. The third kappa shape index (κ3) is 1.62.